The van der Waals surface area contributed by atoms with Crippen LogP contribution in [0.15, 0.2) is 48.8 Å². The number of aromatic nitrogens is 2. The van der Waals surface area contributed by atoms with Crippen LogP contribution in [0.4, 0.5) is 19.0 Å². The number of carbonyl (C=O) groups excluding carboxylic acids is 1. The smallest absolute Gasteiger partial charge is 0.417 e. The number of likely N-dealkylation sites (N-methyl/N-ethyl adjacent to an activating group) is 1. The van der Waals surface area contributed by atoms with Crippen molar-refractivity contribution in [2.75, 3.05) is 18.5 Å². The maximum absolute atomic E-state index is 13.8. The van der Waals surface area contributed by atoms with Crippen LogP contribution < -0.4 is 10.1 Å². The minimum atomic E-state index is -4.45. The summed E-state index contributed by atoms with van der Waals surface area (Å²) < 4.78 is 44.3. The van der Waals surface area contributed by atoms with Gasteiger partial charge < -0.3 is 15.0 Å². The lowest BCUT2D eigenvalue weighted by Crippen LogP contribution is -2.48. The molecule has 0 bridgehead atoms. The highest BCUT2D eigenvalue weighted by Gasteiger charge is 2.32. The first-order valence-electron chi connectivity index (χ1n) is 11.3. The number of halogens is 3. The van der Waals surface area contributed by atoms with E-state index in [-0.39, 0.29) is 18.0 Å². The number of amides is 1. The van der Waals surface area contributed by atoms with Crippen LogP contribution in [0.3, 0.4) is 0 Å². The molecule has 0 radical (unpaired) electrons. The molecule has 0 saturated carbocycles. The Hall–Kier alpha value is -3.36. The molecule has 2 atom stereocenters. The summed E-state index contributed by atoms with van der Waals surface area (Å²) in [6.07, 6.45) is -1.38. The molecule has 2 heterocycles. The third kappa shape index (κ3) is 5.40. The van der Waals surface area contributed by atoms with Gasteiger partial charge in [0.25, 0.3) is 5.91 Å². The van der Waals surface area contributed by atoms with E-state index in [0.29, 0.717) is 42.2 Å². The number of alkyl halides is 3. The van der Waals surface area contributed by atoms with Crippen LogP contribution in [0, 0.1) is 0 Å². The van der Waals surface area contributed by atoms with Gasteiger partial charge in [-0.1, -0.05) is 13.0 Å². The highest BCUT2D eigenvalue weighted by molar-refractivity contribution is 6.08. The van der Waals surface area contributed by atoms with Crippen molar-refractivity contribution in [3.05, 3.63) is 59.9 Å². The van der Waals surface area contributed by atoms with Gasteiger partial charge in [-0.2, -0.15) is 13.2 Å². The van der Waals surface area contributed by atoms with Crippen LogP contribution >= 0.6 is 0 Å². The van der Waals surface area contributed by atoms with Gasteiger partial charge in [0.1, 0.15) is 17.1 Å². The van der Waals surface area contributed by atoms with E-state index >= 15 is 0 Å². The predicted octanol–water partition coefficient (Wildman–Crippen LogP) is 5.79. The minimum absolute atomic E-state index is 0.212. The number of benzene rings is 1. The Bertz CT molecular complexity index is 1120. The Kier molecular flexibility index (Phi) is 7.96. The lowest BCUT2D eigenvalue weighted by molar-refractivity contribution is -0.137. The highest BCUT2D eigenvalue weighted by atomic mass is 19.4. The van der Waals surface area contributed by atoms with E-state index in [1.54, 1.807) is 17.2 Å². The van der Waals surface area contributed by atoms with E-state index in [2.05, 4.69) is 15.3 Å². The molecule has 0 aliphatic carbocycles. The maximum Gasteiger partial charge on any atom is 0.417 e. The van der Waals surface area contributed by atoms with Crippen molar-refractivity contribution < 1.29 is 22.7 Å². The summed E-state index contributed by atoms with van der Waals surface area (Å²) in [6.45, 7) is 8.42. The molecule has 0 aliphatic rings. The zero-order valence-electron chi connectivity index (χ0n) is 19.7. The average molecular weight is 475 g/mol. The molecule has 1 aromatic carbocycles. The number of rotatable bonds is 9. The number of ether oxygens (including phenoxy) is 1. The van der Waals surface area contributed by atoms with Gasteiger partial charge in [0.2, 0.25) is 0 Å². The molecule has 2 aromatic heterocycles. The Morgan fingerprint density at radius 1 is 1.12 bits per heavy atom. The van der Waals surface area contributed by atoms with Gasteiger partial charge in [-0.05, 0) is 57.5 Å². The number of pyridine rings is 2. The van der Waals surface area contributed by atoms with Gasteiger partial charge in [0.05, 0.1) is 23.7 Å². The molecule has 34 heavy (non-hydrogen) atoms. The van der Waals surface area contributed by atoms with E-state index in [0.717, 1.165) is 17.6 Å². The van der Waals surface area contributed by atoms with Crippen molar-refractivity contribution in [3.8, 4) is 5.75 Å². The van der Waals surface area contributed by atoms with E-state index in [1.807, 2.05) is 45.9 Å². The van der Waals surface area contributed by atoms with E-state index in [1.165, 1.54) is 6.07 Å². The topological polar surface area (TPSA) is 67.3 Å². The number of anilines is 1. The summed E-state index contributed by atoms with van der Waals surface area (Å²) in [6, 6.07) is 9.11. The first kappa shape index (κ1) is 25.3. The number of carbonyl (C=O) groups is 1. The second-order valence-corrected chi connectivity index (χ2v) is 7.88. The van der Waals surface area contributed by atoms with E-state index in [9.17, 15) is 18.0 Å². The summed E-state index contributed by atoms with van der Waals surface area (Å²) in [7, 11) is 0. The summed E-state index contributed by atoms with van der Waals surface area (Å²) in [4.78, 5) is 23.9. The average Bonchev–Trinajstić information content (AvgIpc) is 2.81. The number of hydrogen-bond donors (Lipinski definition) is 1. The molecule has 9 heteroatoms. The normalized spacial score (nSPS) is 13.4. The molecule has 0 fully saturated rings. The van der Waals surface area contributed by atoms with Crippen LogP contribution in [0.1, 0.15) is 50.0 Å². The van der Waals surface area contributed by atoms with E-state index < -0.39 is 11.7 Å². The van der Waals surface area contributed by atoms with Crippen molar-refractivity contribution in [2.45, 2.75) is 52.4 Å². The second-order valence-electron chi connectivity index (χ2n) is 7.88. The van der Waals surface area contributed by atoms with Gasteiger partial charge in [-0.25, -0.2) is 4.98 Å². The molecule has 2 unspecified atom stereocenters. The quantitative estimate of drug-likeness (QED) is 0.425. The highest BCUT2D eigenvalue weighted by Crippen LogP contribution is 2.31. The Balaban J connectivity index is 1.91. The molecular formula is C25H29F3N4O2. The maximum atomic E-state index is 13.8. The largest absolute Gasteiger partial charge is 0.493 e. The van der Waals surface area contributed by atoms with Gasteiger partial charge in [-0.3, -0.25) is 9.78 Å². The number of nitrogens with one attached hydrogen (secondary N) is 1. The lowest BCUT2D eigenvalue weighted by Gasteiger charge is -2.35. The van der Waals surface area contributed by atoms with Crippen molar-refractivity contribution in [1.29, 1.82) is 0 Å². The zero-order valence-corrected chi connectivity index (χ0v) is 19.7. The van der Waals surface area contributed by atoms with Gasteiger partial charge >= 0.3 is 6.18 Å². The number of fused-ring (bicyclic) bond motifs is 1. The molecule has 0 spiro atoms. The fraction of sp³-hybridized carbons (Fsp3) is 0.400. The van der Waals surface area contributed by atoms with Crippen LogP contribution in [0.2, 0.25) is 0 Å². The molecule has 3 rings (SSSR count). The summed E-state index contributed by atoms with van der Waals surface area (Å²) >= 11 is 0. The van der Waals surface area contributed by atoms with Crippen LogP contribution in [-0.4, -0.2) is 46.0 Å². The molecule has 6 nitrogen and oxygen atoms in total. The van der Waals surface area contributed by atoms with Gasteiger partial charge in [0.15, 0.2) is 0 Å². The molecule has 1 N–H and O–H groups in total. The zero-order chi connectivity index (χ0) is 24.9. The number of hydrogen-bond acceptors (Lipinski definition) is 5. The lowest BCUT2D eigenvalue weighted by atomic mass is 10.0. The Labute approximate surface area is 197 Å². The third-order valence-electron chi connectivity index (χ3n) is 5.71. The van der Waals surface area contributed by atoms with Crippen LogP contribution in [0.5, 0.6) is 5.75 Å². The predicted molar refractivity (Wildman–Crippen MR) is 126 cm³/mol. The van der Waals surface area contributed by atoms with Gasteiger partial charge in [-0.15, -0.1) is 0 Å². The molecule has 3 aromatic rings. The minimum Gasteiger partial charge on any atom is -0.493 e. The number of nitrogens with zero attached hydrogens (tertiary/aromatic N) is 3. The first-order valence-corrected chi connectivity index (χ1v) is 11.3. The second kappa shape index (κ2) is 10.7. The fourth-order valence-electron chi connectivity index (χ4n) is 4.10. The summed E-state index contributed by atoms with van der Waals surface area (Å²) in [5.41, 5.74) is 0.159. The fourth-order valence-corrected chi connectivity index (χ4v) is 4.10. The Morgan fingerprint density at radius 3 is 2.47 bits per heavy atom. The van der Waals surface area contributed by atoms with Crippen molar-refractivity contribution >= 4 is 22.6 Å². The van der Waals surface area contributed by atoms with Crippen LogP contribution in [0.25, 0.3) is 10.9 Å². The SMILES string of the molecule is CCOc1ccc2cccnc2c1C(=O)N(CC)C(CC)C(C)Nc1ccc(C(F)(F)F)cn1. The Morgan fingerprint density at radius 2 is 1.88 bits per heavy atom. The molecule has 0 aliphatic heterocycles. The molecule has 0 saturated heterocycles. The first-order chi connectivity index (χ1) is 16.2. The van der Waals surface area contributed by atoms with Crippen molar-refractivity contribution in [1.82, 2.24) is 14.9 Å². The van der Waals surface area contributed by atoms with Crippen molar-refractivity contribution in [2.24, 2.45) is 0 Å². The van der Waals surface area contributed by atoms with Gasteiger partial charge in [0, 0.05) is 30.4 Å². The van der Waals surface area contributed by atoms with E-state index in [4.69, 9.17) is 4.74 Å². The third-order valence-corrected chi connectivity index (χ3v) is 5.71. The molecule has 1 amide bonds. The monoisotopic (exact) mass is 474 g/mol. The molecule has 182 valence electrons. The summed E-state index contributed by atoms with van der Waals surface area (Å²) in [5.74, 6) is 0.567. The van der Waals surface area contributed by atoms with Crippen LogP contribution in [-0.2, 0) is 6.18 Å². The standard InChI is InChI=1S/C25H29F3N4O2/c1-5-19(16(4)31-21-13-11-18(15-30-21)25(26,27)28)32(6-2)24(33)22-20(34-7-3)12-10-17-9-8-14-29-23(17)22/h8-16,19H,5-7H2,1-4H3,(H,30,31). The van der Waals surface area contributed by atoms with Crippen molar-refractivity contribution in [3.63, 3.8) is 0 Å². The summed E-state index contributed by atoms with van der Waals surface area (Å²) in [5, 5.41) is 3.98. The molecular weight excluding hydrogens is 445 g/mol.